The number of nitrogens with one attached hydrogen (secondary N) is 1. The zero-order valence-corrected chi connectivity index (χ0v) is 10.4. The molecule has 0 bridgehead atoms. The van der Waals surface area contributed by atoms with Gasteiger partial charge in [0.2, 0.25) is 5.91 Å². The lowest BCUT2D eigenvalue weighted by atomic mass is 9.81. The molecule has 0 atom stereocenters. The summed E-state index contributed by atoms with van der Waals surface area (Å²) < 4.78 is 0. The lowest BCUT2D eigenvalue weighted by Gasteiger charge is -2.33. The number of hydrogen-bond acceptors (Lipinski definition) is 3. The van der Waals surface area contributed by atoms with Gasteiger partial charge in [-0.1, -0.05) is 33.1 Å². The molecule has 1 fully saturated rings. The van der Waals surface area contributed by atoms with Crippen molar-refractivity contribution in [3.8, 4) is 0 Å². The summed E-state index contributed by atoms with van der Waals surface area (Å²) in [5.74, 6) is -0.0614. The van der Waals surface area contributed by atoms with Gasteiger partial charge in [-0.05, 0) is 12.8 Å². The maximum atomic E-state index is 12.0. The highest BCUT2D eigenvalue weighted by Gasteiger charge is 2.35. The third kappa shape index (κ3) is 3.46. The van der Waals surface area contributed by atoms with Gasteiger partial charge >= 0.3 is 0 Å². The molecule has 0 aromatic carbocycles. The molecule has 0 spiro atoms. The van der Waals surface area contributed by atoms with E-state index in [2.05, 4.69) is 5.32 Å². The number of hydrogen-bond donors (Lipinski definition) is 3. The lowest BCUT2D eigenvalue weighted by molar-refractivity contribution is -0.128. The molecule has 1 aliphatic rings. The smallest absolute Gasteiger partial charge is 0.240 e. The number of amides is 1. The molecule has 94 valence electrons. The Morgan fingerprint density at radius 3 is 2.44 bits per heavy atom. The van der Waals surface area contributed by atoms with Crippen LogP contribution in [0, 0.1) is 5.41 Å². The largest absolute Gasteiger partial charge is 0.396 e. The summed E-state index contributed by atoms with van der Waals surface area (Å²) in [6.07, 6.45) is 4.80. The number of carbonyl (C=O) groups excluding carboxylic acids is 1. The first kappa shape index (κ1) is 13.5. The fraction of sp³-hybridized carbons (Fsp3) is 0.917. The van der Waals surface area contributed by atoms with E-state index in [0.29, 0.717) is 6.54 Å². The van der Waals surface area contributed by atoms with Crippen LogP contribution in [0.1, 0.15) is 46.0 Å². The molecular formula is C12H24N2O2. The fourth-order valence-electron chi connectivity index (χ4n) is 1.96. The van der Waals surface area contributed by atoms with Crippen molar-refractivity contribution in [3.05, 3.63) is 0 Å². The molecule has 4 nitrogen and oxygen atoms in total. The Morgan fingerprint density at radius 2 is 1.94 bits per heavy atom. The fourth-order valence-corrected chi connectivity index (χ4v) is 1.96. The van der Waals surface area contributed by atoms with Crippen molar-refractivity contribution in [2.45, 2.75) is 51.5 Å². The van der Waals surface area contributed by atoms with E-state index in [1.54, 1.807) is 0 Å². The van der Waals surface area contributed by atoms with E-state index in [4.69, 9.17) is 10.8 Å². The molecule has 0 radical (unpaired) electrons. The van der Waals surface area contributed by atoms with Crippen LogP contribution in [0.2, 0.25) is 0 Å². The van der Waals surface area contributed by atoms with Crippen LogP contribution in [0.15, 0.2) is 0 Å². The third-order valence-corrected chi connectivity index (χ3v) is 3.35. The first-order valence-electron chi connectivity index (χ1n) is 6.08. The highest BCUT2D eigenvalue weighted by Crippen LogP contribution is 2.26. The molecule has 0 saturated heterocycles. The van der Waals surface area contributed by atoms with Gasteiger partial charge in [0.1, 0.15) is 0 Å². The summed E-state index contributed by atoms with van der Waals surface area (Å²) in [6.45, 7) is 4.36. The highest BCUT2D eigenvalue weighted by atomic mass is 16.3. The quantitative estimate of drug-likeness (QED) is 0.665. The van der Waals surface area contributed by atoms with Gasteiger partial charge in [0, 0.05) is 18.6 Å². The van der Waals surface area contributed by atoms with E-state index in [1.807, 2.05) is 13.8 Å². The molecule has 4 N–H and O–H groups in total. The number of rotatable bonds is 4. The zero-order chi connectivity index (χ0) is 12.2. The lowest BCUT2D eigenvalue weighted by Crippen LogP contribution is -2.56. The van der Waals surface area contributed by atoms with Crippen LogP contribution in [0.4, 0.5) is 0 Å². The molecule has 1 rings (SSSR count). The SMILES string of the molecule is CC(C)(CO)CNC(=O)C1(N)CCCCC1. The molecule has 0 unspecified atom stereocenters. The molecule has 1 aliphatic carbocycles. The molecule has 1 amide bonds. The first-order chi connectivity index (χ1) is 7.40. The van der Waals surface area contributed by atoms with E-state index >= 15 is 0 Å². The Morgan fingerprint density at radius 1 is 1.38 bits per heavy atom. The van der Waals surface area contributed by atoms with Crippen molar-refractivity contribution in [1.82, 2.24) is 5.32 Å². The molecule has 0 aromatic heterocycles. The second kappa shape index (κ2) is 5.15. The Balaban J connectivity index is 2.45. The predicted molar refractivity (Wildman–Crippen MR) is 63.9 cm³/mol. The first-order valence-corrected chi connectivity index (χ1v) is 6.08. The standard InChI is InChI=1S/C12H24N2O2/c1-11(2,9-15)8-14-10(16)12(13)6-4-3-5-7-12/h15H,3-9,13H2,1-2H3,(H,14,16). The summed E-state index contributed by atoms with van der Waals surface area (Å²) in [5.41, 5.74) is 5.14. The minimum atomic E-state index is -0.677. The summed E-state index contributed by atoms with van der Waals surface area (Å²) in [6, 6.07) is 0. The van der Waals surface area contributed by atoms with Gasteiger partial charge in [0.15, 0.2) is 0 Å². The summed E-state index contributed by atoms with van der Waals surface area (Å²) >= 11 is 0. The normalized spacial score (nSPS) is 20.5. The van der Waals surface area contributed by atoms with Crippen LogP contribution >= 0.6 is 0 Å². The number of nitrogens with two attached hydrogens (primary N) is 1. The van der Waals surface area contributed by atoms with E-state index in [9.17, 15) is 4.79 Å². The van der Waals surface area contributed by atoms with Gasteiger partial charge in [0.05, 0.1) is 5.54 Å². The van der Waals surface area contributed by atoms with Gasteiger partial charge in [-0.3, -0.25) is 4.79 Å². The van der Waals surface area contributed by atoms with E-state index in [1.165, 1.54) is 6.42 Å². The van der Waals surface area contributed by atoms with Gasteiger partial charge in [-0.25, -0.2) is 0 Å². The van der Waals surface area contributed by atoms with Crippen molar-refractivity contribution >= 4 is 5.91 Å². The van der Waals surface area contributed by atoms with Crippen LogP contribution < -0.4 is 11.1 Å². The molecule has 4 heteroatoms. The monoisotopic (exact) mass is 228 g/mol. The minimum Gasteiger partial charge on any atom is -0.396 e. The average molecular weight is 228 g/mol. The Bertz CT molecular complexity index is 245. The molecule has 1 saturated carbocycles. The van der Waals surface area contributed by atoms with Crippen LogP contribution in [-0.4, -0.2) is 29.7 Å². The minimum absolute atomic E-state index is 0.0604. The van der Waals surface area contributed by atoms with Crippen LogP contribution in [0.25, 0.3) is 0 Å². The van der Waals surface area contributed by atoms with Crippen molar-refractivity contribution in [2.24, 2.45) is 11.1 Å². The third-order valence-electron chi connectivity index (χ3n) is 3.35. The molecule has 0 aromatic rings. The predicted octanol–water partition coefficient (Wildman–Crippen LogP) is 0.783. The van der Waals surface area contributed by atoms with Crippen LogP contribution in [0.3, 0.4) is 0 Å². The van der Waals surface area contributed by atoms with Crippen LogP contribution in [-0.2, 0) is 4.79 Å². The second-order valence-corrected chi connectivity index (χ2v) is 5.72. The van der Waals surface area contributed by atoms with Crippen molar-refractivity contribution in [3.63, 3.8) is 0 Å². The highest BCUT2D eigenvalue weighted by molar-refractivity contribution is 5.86. The second-order valence-electron chi connectivity index (χ2n) is 5.72. The van der Waals surface area contributed by atoms with Gasteiger partial charge in [-0.2, -0.15) is 0 Å². The van der Waals surface area contributed by atoms with E-state index < -0.39 is 5.54 Å². The number of carbonyl (C=O) groups is 1. The molecular weight excluding hydrogens is 204 g/mol. The number of aliphatic hydroxyl groups excluding tert-OH is 1. The molecule has 16 heavy (non-hydrogen) atoms. The zero-order valence-electron chi connectivity index (χ0n) is 10.4. The van der Waals surface area contributed by atoms with Crippen LogP contribution in [0.5, 0.6) is 0 Å². The van der Waals surface area contributed by atoms with Crippen molar-refractivity contribution < 1.29 is 9.90 Å². The average Bonchev–Trinajstić information content (AvgIpc) is 2.27. The van der Waals surface area contributed by atoms with Crippen molar-refractivity contribution in [2.75, 3.05) is 13.2 Å². The Kier molecular flexibility index (Phi) is 4.33. The summed E-state index contributed by atoms with van der Waals surface area (Å²) in [5, 5.41) is 12.0. The molecule has 0 aliphatic heterocycles. The van der Waals surface area contributed by atoms with Gasteiger partial charge < -0.3 is 16.2 Å². The maximum absolute atomic E-state index is 12.0. The molecule has 0 heterocycles. The van der Waals surface area contributed by atoms with E-state index in [-0.39, 0.29) is 17.9 Å². The number of aliphatic hydroxyl groups is 1. The van der Waals surface area contributed by atoms with Crippen molar-refractivity contribution in [1.29, 1.82) is 0 Å². The summed E-state index contributed by atoms with van der Waals surface area (Å²) in [4.78, 5) is 12.0. The Hall–Kier alpha value is -0.610. The topological polar surface area (TPSA) is 75.3 Å². The maximum Gasteiger partial charge on any atom is 0.240 e. The van der Waals surface area contributed by atoms with Gasteiger partial charge in [0.25, 0.3) is 0 Å². The van der Waals surface area contributed by atoms with E-state index in [0.717, 1.165) is 25.7 Å². The van der Waals surface area contributed by atoms with Gasteiger partial charge in [-0.15, -0.1) is 0 Å². The Labute approximate surface area is 97.6 Å². The summed E-state index contributed by atoms with van der Waals surface area (Å²) in [7, 11) is 0.